The van der Waals surface area contributed by atoms with Gasteiger partial charge in [0.25, 0.3) is 0 Å². The lowest BCUT2D eigenvalue weighted by Crippen LogP contribution is -2.14. The van der Waals surface area contributed by atoms with Crippen LogP contribution in [-0.4, -0.2) is 0 Å². The van der Waals surface area contributed by atoms with Crippen LogP contribution in [0.3, 0.4) is 0 Å². The predicted octanol–water partition coefficient (Wildman–Crippen LogP) is 5.69. The normalized spacial score (nSPS) is 34.6. The Morgan fingerprint density at radius 3 is 2.69 bits per heavy atom. The molecule has 2 fully saturated rings. The van der Waals surface area contributed by atoms with Crippen molar-refractivity contribution in [2.24, 2.45) is 17.8 Å². The monoisotopic (exact) mass is 362 g/mol. The van der Waals surface area contributed by atoms with Crippen LogP contribution in [0.25, 0.3) is 0 Å². The second kappa shape index (κ2) is 4.40. The molecule has 2 aliphatic rings. The van der Waals surface area contributed by atoms with Crippen LogP contribution in [0.1, 0.15) is 40.3 Å². The average molecular weight is 364 g/mol. The lowest BCUT2D eigenvalue weighted by atomic mass is 9.86. The summed E-state index contributed by atoms with van der Waals surface area (Å²) in [6.07, 6.45) is 5.92. The van der Waals surface area contributed by atoms with Crippen molar-refractivity contribution in [3.8, 4) is 0 Å². The van der Waals surface area contributed by atoms with Crippen LogP contribution in [0.5, 0.6) is 0 Å². The van der Waals surface area contributed by atoms with Gasteiger partial charge >= 0.3 is 0 Å². The number of fused-ring (bicyclic) bond motifs is 2. The highest BCUT2D eigenvalue weighted by molar-refractivity contribution is 9.10. The fraction of sp³-hybridized carbons (Fsp3) is 0.692. The van der Waals surface area contributed by atoms with E-state index in [1.807, 2.05) is 11.3 Å². The van der Waals surface area contributed by atoms with Gasteiger partial charge in [-0.1, -0.05) is 22.4 Å². The molecule has 3 heteroatoms. The first-order valence-corrected chi connectivity index (χ1v) is 8.57. The molecule has 1 heterocycles. The Hall–Kier alpha value is 0.660. The van der Waals surface area contributed by atoms with E-state index in [0.717, 1.165) is 17.8 Å². The van der Waals surface area contributed by atoms with Crippen molar-refractivity contribution in [1.82, 2.24) is 0 Å². The molecule has 0 spiro atoms. The van der Waals surface area contributed by atoms with Gasteiger partial charge in [-0.25, -0.2) is 0 Å². The lowest BCUT2D eigenvalue weighted by Gasteiger charge is -2.25. The van der Waals surface area contributed by atoms with Gasteiger partial charge in [0.15, 0.2) is 0 Å². The molecule has 0 amide bonds. The van der Waals surface area contributed by atoms with E-state index in [1.54, 1.807) is 0 Å². The third-order valence-corrected chi connectivity index (χ3v) is 8.01. The molecule has 0 saturated heterocycles. The van der Waals surface area contributed by atoms with Crippen LogP contribution in [0.4, 0.5) is 0 Å². The maximum Gasteiger partial charge on any atom is 0.0520 e. The van der Waals surface area contributed by atoms with Crippen molar-refractivity contribution in [3.63, 3.8) is 0 Å². The van der Waals surface area contributed by atoms with Gasteiger partial charge in [0, 0.05) is 14.2 Å². The highest BCUT2D eigenvalue weighted by Crippen LogP contribution is 2.55. The Labute approximate surface area is 118 Å². The highest BCUT2D eigenvalue weighted by atomic mass is 79.9. The molecule has 88 valence electrons. The van der Waals surface area contributed by atoms with E-state index < -0.39 is 0 Å². The number of halogens is 2. The van der Waals surface area contributed by atoms with Gasteiger partial charge in [0.05, 0.1) is 4.83 Å². The largest absolute Gasteiger partial charge is 0.143 e. The van der Waals surface area contributed by atoms with Gasteiger partial charge in [-0.2, -0.15) is 0 Å². The zero-order valence-electron chi connectivity index (χ0n) is 9.38. The van der Waals surface area contributed by atoms with Crippen molar-refractivity contribution in [3.05, 3.63) is 20.3 Å². The number of thiophene rings is 1. The number of hydrogen-bond acceptors (Lipinski definition) is 1. The number of hydrogen-bond donors (Lipinski definition) is 0. The number of alkyl halides is 1. The number of aryl methyl sites for hydroxylation is 1. The van der Waals surface area contributed by atoms with E-state index in [-0.39, 0.29) is 0 Å². The SMILES string of the molecule is Cc1sc(C(Br)C2CC3CCC2C3)cc1Br. The van der Waals surface area contributed by atoms with Crippen LogP contribution >= 0.6 is 43.2 Å². The molecule has 0 N–H and O–H groups in total. The summed E-state index contributed by atoms with van der Waals surface area (Å²) in [4.78, 5) is 3.52. The fourth-order valence-corrected chi connectivity index (χ4v) is 6.16. The van der Waals surface area contributed by atoms with E-state index >= 15 is 0 Å². The first-order chi connectivity index (χ1) is 7.65. The Balaban J connectivity index is 1.80. The first-order valence-electron chi connectivity index (χ1n) is 6.05. The predicted molar refractivity (Wildman–Crippen MR) is 77.4 cm³/mol. The molecular formula is C13H16Br2S. The molecule has 4 atom stereocenters. The molecule has 0 aromatic carbocycles. The molecule has 3 rings (SSSR count). The zero-order valence-corrected chi connectivity index (χ0v) is 13.4. The van der Waals surface area contributed by atoms with Crippen molar-refractivity contribution >= 4 is 43.2 Å². The van der Waals surface area contributed by atoms with E-state index in [1.165, 1.54) is 39.9 Å². The molecule has 2 saturated carbocycles. The lowest BCUT2D eigenvalue weighted by molar-refractivity contribution is 0.331. The minimum Gasteiger partial charge on any atom is -0.143 e. The van der Waals surface area contributed by atoms with E-state index in [0.29, 0.717) is 4.83 Å². The molecule has 0 radical (unpaired) electrons. The fourth-order valence-electron chi connectivity index (χ4n) is 3.48. The third kappa shape index (κ3) is 1.93. The summed E-state index contributed by atoms with van der Waals surface area (Å²) in [5.74, 6) is 2.93. The Morgan fingerprint density at radius 2 is 2.19 bits per heavy atom. The molecule has 0 nitrogen and oxygen atoms in total. The Bertz CT molecular complexity index is 379. The molecular weight excluding hydrogens is 348 g/mol. The van der Waals surface area contributed by atoms with Crippen molar-refractivity contribution in [2.45, 2.75) is 37.4 Å². The van der Waals surface area contributed by atoms with Crippen LogP contribution in [0.2, 0.25) is 0 Å². The molecule has 2 bridgehead atoms. The van der Waals surface area contributed by atoms with Gasteiger partial charge in [-0.3, -0.25) is 0 Å². The smallest absolute Gasteiger partial charge is 0.0520 e. The minimum absolute atomic E-state index is 0.595. The summed E-state index contributed by atoms with van der Waals surface area (Å²) >= 11 is 9.52. The van der Waals surface area contributed by atoms with Crippen LogP contribution in [-0.2, 0) is 0 Å². The summed E-state index contributed by atoms with van der Waals surface area (Å²) in [6.45, 7) is 2.19. The van der Waals surface area contributed by atoms with Crippen molar-refractivity contribution in [2.75, 3.05) is 0 Å². The van der Waals surface area contributed by atoms with Gasteiger partial charge in [-0.05, 0) is 65.9 Å². The molecule has 1 aromatic heterocycles. The van der Waals surface area contributed by atoms with Gasteiger partial charge < -0.3 is 0 Å². The second-order valence-electron chi connectivity index (χ2n) is 5.29. The molecule has 0 aliphatic heterocycles. The van der Waals surface area contributed by atoms with E-state index in [9.17, 15) is 0 Å². The highest BCUT2D eigenvalue weighted by Gasteiger charge is 2.43. The molecule has 4 unspecified atom stereocenters. The first kappa shape index (κ1) is 11.7. The maximum absolute atomic E-state index is 3.95. The summed E-state index contributed by atoms with van der Waals surface area (Å²) in [5.41, 5.74) is 0. The van der Waals surface area contributed by atoms with Crippen molar-refractivity contribution in [1.29, 1.82) is 0 Å². The van der Waals surface area contributed by atoms with E-state index in [2.05, 4.69) is 44.8 Å². The third-order valence-electron chi connectivity index (χ3n) is 4.32. The topological polar surface area (TPSA) is 0 Å². The molecule has 2 aliphatic carbocycles. The quantitative estimate of drug-likeness (QED) is 0.592. The standard InChI is InChI=1S/C13H16Br2S/c1-7-11(14)6-12(16-7)13(15)10-5-8-2-3-9(10)4-8/h6,8-10,13H,2-5H2,1H3. The zero-order chi connectivity index (χ0) is 11.3. The molecule has 1 aromatic rings. The Kier molecular flexibility index (Phi) is 3.23. The maximum atomic E-state index is 3.95. The summed E-state index contributed by atoms with van der Waals surface area (Å²) in [7, 11) is 0. The van der Waals surface area contributed by atoms with Crippen LogP contribution in [0.15, 0.2) is 10.5 Å². The van der Waals surface area contributed by atoms with E-state index in [4.69, 9.17) is 0 Å². The van der Waals surface area contributed by atoms with Gasteiger partial charge in [0.1, 0.15) is 0 Å². The van der Waals surface area contributed by atoms with Gasteiger partial charge in [0.2, 0.25) is 0 Å². The summed E-state index contributed by atoms with van der Waals surface area (Å²) < 4.78 is 1.28. The number of rotatable bonds is 2. The summed E-state index contributed by atoms with van der Waals surface area (Å²) in [6, 6.07) is 2.31. The molecule has 16 heavy (non-hydrogen) atoms. The van der Waals surface area contributed by atoms with Crippen LogP contribution < -0.4 is 0 Å². The Morgan fingerprint density at radius 1 is 1.38 bits per heavy atom. The second-order valence-corrected chi connectivity index (χ2v) is 8.42. The summed E-state index contributed by atoms with van der Waals surface area (Å²) in [5, 5.41) is 0. The average Bonchev–Trinajstić information content (AvgIpc) is 2.94. The van der Waals surface area contributed by atoms with Crippen LogP contribution in [0, 0.1) is 24.7 Å². The van der Waals surface area contributed by atoms with Crippen molar-refractivity contribution < 1.29 is 0 Å². The minimum atomic E-state index is 0.595. The van der Waals surface area contributed by atoms with Gasteiger partial charge in [-0.15, -0.1) is 11.3 Å².